The van der Waals surface area contributed by atoms with Crippen molar-refractivity contribution in [3.63, 3.8) is 0 Å². The second-order valence-corrected chi connectivity index (χ2v) is 9.02. The van der Waals surface area contributed by atoms with Crippen LogP contribution in [0.3, 0.4) is 0 Å². The molecular weight excluding hydrogens is 449 g/mol. The van der Waals surface area contributed by atoms with Gasteiger partial charge in [0.2, 0.25) is 11.8 Å². The largest absolute Gasteiger partial charge is 0.350 e. The SMILES string of the molecule is O=C(NCc1ccccc1)[C@@H]1CCCN1C(=O)[C@@H]1CCCN1C(=O)c1ccc(Cl)cc1Cl. The summed E-state index contributed by atoms with van der Waals surface area (Å²) in [5.74, 6) is -0.610. The van der Waals surface area contributed by atoms with E-state index in [4.69, 9.17) is 23.2 Å². The molecule has 2 heterocycles. The van der Waals surface area contributed by atoms with Gasteiger partial charge >= 0.3 is 0 Å². The van der Waals surface area contributed by atoms with Crippen molar-refractivity contribution in [2.24, 2.45) is 0 Å². The highest BCUT2D eigenvalue weighted by Gasteiger charge is 2.42. The van der Waals surface area contributed by atoms with Crippen LogP contribution in [0.1, 0.15) is 41.6 Å². The fourth-order valence-electron chi connectivity index (χ4n) is 4.48. The number of nitrogens with one attached hydrogen (secondary N) is 1. The average molecular weight is 474 g/mol. The third-order valence-corrected chi connectivity index (χ3v) is 6.66. The lowest BCUT2D eigenvalue weighted by molar-refractivity contribution is -0.141. The Balaban J connectivity index is 1.44. The van der Waals surface area contributed by atoms with Gasteiger partial charge in [-0.2, -0.15) is 0 Å². The molecule has 2 aromatic rings. The molecule has 8 heteroatoms. The molecule has 0 spiro atoms. The molecule has 2 aromatic carbocycles. The lowest BCUT2D eigenvalue weighted by Crippen LogP contribution is -2.52. The molecular formula is C24H25Cl2N3O3. The van der Waals surface area contributed by atoms with Gasteiger partial charge in [0.05, 0.1) is 10.6 Å². The molecule has 2 atom stereocenters. The fraction of sp³-hybridized carbons (Fsp3) is 0.375. The highest BCUT2D eigenvalue weighted by atomic mass is 35.5. The van der Waals surface area contributed by atoms with Crippen LogP contribution in [0.2, 0.25) is 10.0 Å². The number of hydrogen-bond donors (Lipinski definition) is 1. The molecule has 2 aliphatic rings. The first-order valence-electron chi connectivity index (χ1n) is 10.8. The number of benzene rings is 2. The fourth-order valence-corrected chi connectivity index (χ4v) is 4.97. The lowest BCUT2D eigenvalue weighted by atomic mass is 10.1. The first-order chi connectivity index (χ1) is 15.5. The summed E-state index contributed by atoms with van der Waals surface area (Å²) in [6, 6.07) is 13.3. The first-order valence-corrected chi connectivity index (χ1v) is 11.6. The second kappa shape index (κ2) is 9.92. The van der Waals surface area contributed by atoms with Crippen molar-refractivity contribution in [2.45, 2.75) is 44.3 Å². The Morgan fingerprint density at radius 2 is 1.59 bits per heavy atom. The third-order valence-electron chi connectivity index (χ3n) is 6.11. The summed E-state index contributed by atoms with van der Waals surface area (Å²) < 4.78 is 0. The Morgan fingerprint density at radius 3 is 2.31 bits per heavy atom. The quantitative estimate of drug-likeness (QED) is 0.715. The number of carbonyl (C=O) groups is 3. The molecule has 4 rings (SSSR count). The predicted molar refractivity (Wildman–Crippen MR) is 124 cm³/mol. The minimum Gasteiger partial charge on any atom is -0.350 e. The number of likely N-dealkylation sites (tertiary alicyclic amines) is 2. The minimum absolute atomic E-state index is 0.156. The average Bonchev–Trinajstić information content (AvgIpc) is 3.47. The number of amides is 3. The van der Waals surface area contributed by atoms with Gasteiger partial charge < -0.3 is 15.1 Å². The normalized spacial score (nSPS) is 20.4. The van der Waals surface area contributed by atoms with Gasteiger partial charge in [0, 0.05) is 24.7 Å². The van der Waals surface area contributed by atoms with Crippen molar-refractivity contribution in [2.75, 3.05) is 13.1 Å². The van der Waals surface area contributed by atoms with Gasteiger partial charge in [-0.25, -0.2) is 0 Å². The van der Waals surface area contributed by atoms with E-state index in [0.717, 1.165) is 18.4 Å². The maximum Gasteiger partial charge on any atom is 0.256 e. The van der Waals surface area contributed by atoms with Gasteiger partial charge in [-0.15, -0.1) is 0 Å². The molecule has 3 amide bonds. The summed E-state index contributed by atoms with van der Waals surface area (Å²) in [6.07, 6.45) is 2.69. The van der Waals surface area contributed by atoms with Crippen molar-refractivity contribution in [1.29, 1.82) is 0 Å². The van der Waals surface area contributed by atoms with Crippen LogP contribution in [0.4, 0.5) is 0 Å². The van der Waals surface area contributed by atoms with Gasteiger partial charge in [-0.1, -0.05) is 53.5 Å². The molecule has 0 bridgehead atoms. The van der Waals surface area contributed by atoms with E-state index in [1.165, 1.54) is 6.07 Å². The van der Waals surface area contributed by atoms with Crippen molar-refractivity contribution < 1.29 is 14.4 Å². The molecule has 2 aliphatic heterocycles. The Labute approximate surface area is 197 Å². The van der Waals surface area contributed by atoms with E-state index in [9.17, 15) is 14.4 Å². The standard InChI is InChI=1S/C24H25Cl2N3O3/c25-17-10-11-18(19(26)14-17)23(31)29-13-5-9-21(29)24(32)28-12-4-8-20(28)22(30)27-15-16-6-2-1-3-7-16/h1-3,6-7,10-11,14,20-21H,4-5,8-9,12-13,15H2,(H,27,30)/t20-,21-/m0/s1. The van der Waals surface area contributed by atoms with Crippen molar-refractivity contribution in [3.8, 4) is 0 Å². The van der Waals surface area contributed by atoms with Gasteiger partial charge in [0.1, 0.15) is 12.1 Å². The van der Waals surface area contributed by atoms with Crippen molar-refractivity contribution in [3.05, 3.63) is 69.7 Å². The van der Waals surface area contributed by atoms with Crippen LogP contribution >= 0.6 is 23.2 Å². The number of rotatable bonds is 5. The maximum absolute atomic E-state index is 13.4. The van der Waals surface area contributed by atoms with E-state index in [1.807, 2.05) is 30.3 Å². The molecule has 0 radical (unpaired) electrons. The zero-order valence-corrected chi connectivity index (χ0v) is 19.1. The summed E-state index contributed by atoms with van der Waals surface area (Å²) in [4.78, 5) is 42.6. The lowest BCUT2D eigenvalue weighted by Gasteiger charge is -2.31. The van der Waals surface area contributed by atoms with Gasteiger partial charge in [0.25, 0.3) is 5.91 Å². The summed E-state index contributed by atoms with van der Waals surface area (Å²) in [5, 5.41) is 3.66. The molecule has 168 valence electrons. The van der Waals surface area contributed by atoms with Crippen molar-refractivity contribution in [1.82, 2.24) is 15.1 Å². The topological polar surface area (TPSA) is 69.7 Å². The molecule has 2 fully saturated rings. The van der Waals surface area contributed by atoms with E-state index in [1.54, 1.807) is 21.9 Å². The molecule has 1 N–H and O–H groups in total. The number of halogens is 2. The summed E-state index contributed by atoms with van der Waals surface area (Å²) in [5.41, 5.74) is 1.33. The number of carbonyl (C=O) groups excluding carboxylic acids is 3. The molecule has 0 aromatic heterocycles. The van der Waals surface area contributed by atoms with Gasteiger partial charge in [0.15, 0.2) is 0 Å². The Morgan fingerprint density at radius 1 is 0.906 bits per heavy atom. The van der Waals surface area contributed by atoms with Crippen LogP contribution in [0.25, 0.3) is 0 Å². The van der Waals surface area contributed by atoms with E-state index < -0.39 is 12.1 Å². The van der Waals surface area contributed by atoms with Gasteiger partial charge in [-0.3, -0.25) is 14.4 Å². The number of nitrogens with zero attached hydrogens (tertiary/aromatic N) is 2. The molecule has 0 saturated carbocycles. The zero-order chi connectivity index (χ0) is 22.7. The summed E-state index contributed by atoms with van der Waals surface area (Å²) in [7, 11) is 0. The van der Waals surface area contributed by atoms with E-state index in [0.29, 0.717) is 43.1 Å². The Kier molecular flexibility index (Phi) is 7.01. The first kappa shape index (κ1) is 22.6. The van der Waals surface area contributed by atoms with Crippen LogP contribution in [-0.4, -0.2) is 52.7 Å². The summed E-state index contributed by atoms with van der Waals surface area (Å²) in [6.45, 7) is 1.41. The zero-order valence-electron chi connectivity index (χ0n) is 17.6. The van der Waals surface area contributed by atoms with Gasteiger partial charge in [-0.05, 0) is 49.4 Å². The maximum atomic E-state index is 13.4. The highest BCUT2D eigenvalue weighted by Crippen LogP contribution is 2.29. The van der Waals surface area contributed by atoms with E-state index >= 15 is 0 Å². The van der Waals surface area contributed by atoms with Crippen LogP contribution in [0, 0.1) is 0 Å². The van der Waals surface area contributed by atoms with Crippen LogP contribution < -0.4 is 5.32 Å². The van der Waals surface area contributed by atoms with E-state index in [2.05, 4.69) is 5.32 Å². The summed E-state index contributed by atoms with van der Waals surface area (Å²) >= 11 is 12.2. The van der Waals surface area contributed by atoms with E-state index in [-0.39, 0.29) is 22.7 Å². The van der Waals surface area contributed by atoms with Crippen LogP contribution in [-0.2, 0) is 16.1 Å². The molecule has 2 saturated heterocycles. The third kappa shape index (κ3) is 4.76. The van der Waals surface area contributed by atoms with Crippen molar-refractivity contribution >= 4 is 40.9 Å². The minimum atomic E-state index is -0.586. The molecule has 6 nitrogen and oxygen atoms in total. The second-order valence-electron chi connectivity index (χ2n) is 8.17. The monoisotopic (exact) mass is 473 g/mol. The molecule has 32 heavy (non-hydrogen) atoms. The number of hydrogen-bond acceptors (Lipinski definition) is 3. The Hall–Kier alpha value is -2.57. The van der Waals surface area contributed by atoms with Crippen LogP contribution in [0.15, 0.2) is 48.5 Å². The Bertz CT molecular complexity index is 1010. The smallest absolute Gasteiger partial charge is 0.256 e. The molecule has 0 unspecified atom stereocenters. The molecule has 0 aliphatic carbocycles. The van der Waals surface area contributed by atoms with Crippen LogP contribution in [0.5, 0.6) is 0 Å². The highest BCUT2D eigenvalue weighted by molar-refractivity contribution is 6.36. The predicted octanol–water partition coefficient (Wildman–Crippen LogP) is 3.91.